The largest absolute Gasteiger partial charge is 0.748 e. The van der Waals surface area contributed by atoms with E-state index in [2.05, 4.69) is 37.2 Å². The highest BCUT2D eigenvalue weighted by Crippen LogP contribution is 2.48. The van der Waals surface area contributed by atoms with Gasteiger partial charge in [-0.15, -0.1) is 0 Å². The Morgan fingerprint density at radius 3 is 2.16 bits per heavy atom. The number of rotatable bonds is 14. The Morgan fingerprint density at radius 1 is 0.867 bits per heavy atom. The van der Waals surface area contributed by atoms with Crippen molar-refractivity contribution in [3.8, 4) is 5.75 Å². The molecule has 4 rings (SSSR count). The number of anilines is 1. The Kier molecular flexibility index (Phi) is 10.1. The zero-order valence-electron chi connectivity index (χ0n) is 26.4. The standard InChI is InChI=1S/C33H42N2O8S2/c1-32(2)26-21-24(23-36)13-15-28(26)34(17-6-8-19-44(37,38)39)30(32)11-10-12-31-33(3,4)27-22-25(43-5)14-16-29(27)35(31)18-7-9-20-45(40,41)42/h10-16,21-23H,6-9,17-20H2,1-5H3,(H-,37,38,39,40,41,42)/p-1. The van der Waals surface area contributed by atoms with E-state index in [0.29, 0.717) is 31.5 Å². The summed E-state index contributed by atoms with van der Waals surface area (Å²) < 4.78 is 74.7. The van der Waals surface area contributed by atoms with Crippen LogP contribution >= 0.6 is 0 Å². The second-order valence-electron chi connectivity index (χ2n) is 12.6. The van der Waals surface area contributed by atoms with Crippen LogP contribution in [0.5, 0.6) is 5.75 Å². The summed E-state index contributed by atoms with van der Waals surface area (Å²) in [4.78, 5) is 13.7. The molecule has 0 atom stereocenters. The number of nitrogens with zero attached hydrogens (tertiary/aromatic N) is 2. The molecule has 0 bridgehead atoms. The first-order valence-electron chi connectivity index (χ1n) is 15.0. The van der Waals surface area contributed by atoms with Gasteiger partial charge in [-0.05, 0) is 75.1 Å². The molecule has 2 aliphatic rings. The smallest absolute Gasteiger partial charge is 0.210 e. The number of allylic oxidation sites excluding steroid dienone is 4. The van der Waals surface area contributed by atoms with Gasteiger partial charge in [0.05, 0.1) is 32.8 Å². The lowest BCUT2D eigenvalue weighted by atomic mass is 9.81. The zero-order valence-corrected chi connectivity index (χ0v) is 28.0. The number of hydrogen-bond acceptors (Lipinski definition) is 9. The predicted octanol–water partition coefficient (Wildman–Crippen LogP) is 4.77. The molecule has 0 amide bonds. The molecule has 2 aromatic carbocycles. The van der Waals surface area contributed by atoms with E-state index in [4.69, 9.17) is 4.74 Å². The van der Waals surface area contributed by atoms with Crippen molar-refractivity contribution in [2.24, 2.45) is 0 Å². The quantitative estimate of drug-likeness (QED) is 0.121. The average Bonchev–Trinajstić information content (AvgIpc) is 3.30. The monoisotopic (exact) mass is 657 g/mol. The topological polar surface area (TPSA) is 147 Å². The first kappa shape index (κ1) is 34.6. The van der Waals surface area contributed by atoms with E-state index in [0.717, 1.165) is 45.9 Å². The molecule has 0 aromatic heterocycles. The van der Waals surface area contributed by atoms with Crippen LogP contribution in [0.15, 0.2) is 60.3 Å². The fourth-order valence-corrected chi connectivity index (χ4v) is 7.47. The normalized spacial score (nSPS) is 18.1. The number of benzene rings is 2. The van der Waals surface area contributed by atoms with Crippen LogP contribution in [-0.2, 0) is 31.1 Å². The van der Waals surface area contributed by atoms with Crippen LogP contribution in [0, 0.1) is 0 Å². The van der Waals surface area contributed by atoms with Gasteiger partial charge in [-0.3, -0.25) is 4.79 Å². The van der Waals surface area contributed by atoms with Crippen molar-refractivity contribution >= 4 is 43.6 Å². The van der Waals surface area contributed by atoms with E-state index in [-0.39, 0.29) is 12.8 Å². The molecule has 0 radical (unpaired) electrons. The van der Waals surface area contributed by atoms with Gasteiger partial charge in [-0.25, -0.2) is 16.8 Å². The summed E-state index contributed by atoms with van der Waals surface area (Å²) in [5, 5.41) is 0. The molecule has 0 saturated carbocycles. The first-order chi connectivity index (χ1) is 21.0. The second-order valence-corrected chi connectivity index (χ2v) is 15.6. The molecule has 10 nitrogen and oxygen atoms in total. The summed E-state index contributed by atoms with van der Waals surface area (Å²) in [5.74, 6) is -0.100. The summed E-state index contributed by atoms with van der Waals surface area (Å²) in [6.07, 6.45) is 8.36. The van der Waals surface area contributed by atoms with Crippen LogP contribution in [-0.4, -0.2) is 74.2 Å². The Hall–Kier alpha value is -3.32. The van der Waals surface area contributed by atoms with Gasteiger partial charge in [0.2, 0.25) is 5.69 Å². The minimum absolute atomic E-state index is 0.240. The highest BCUT2D eigenvalue weighted by atomic mass is 32.2. The molecule has 12 heteroatoms. The lowest BCUT2D eigenvalue weighted by Crippen LogP contribution is -2.28. The molecule has 244 valence electrons. The first-order valence-corrected chi connectivity index (χ1v) is 18.1. The number of unbranched alkanes of at least 4 members (excludes halogenated alkanes) is 2. The van der Waals surface area contributed by atoms with Gasteiger partial charge >= 0.3 is 0 Å². The molecule has 0 spiro atoms. The zero-order chi connectivity index (χ0) is 33.2. The molecule has 2 aromatic rings. The van der Waals surface area contributed by atoms with Crippen molar-refractivity contribution in [3.63, 3.8) is 0 Å². The van der Waals surface area contributed by atoms with Crippen molar-refractivity contribution in [1.82, 2.24) is 0 Å². The SMILES string of the molecule is COc1ccc2c(c1)C(C)(C)C(C=CC=C1N(CCCCS(=O)(=O)[O-])c3ccc(C=O)cc3C1(C)C)=[N+]2CCCCS(=O)(=O)[O-]. The van der Waals surface area contributed by atoms with E-state index in [9.17, 15) is 30.7 Å². The molecule has 2 heterocycles. The lowest BCUT2D eigenvalue weighted by Gasteiger charge is -2.27. The van der Waals surface area contributed by atoms with Gasteiger partial charge in [0, 0.05) is 64.5 Å². The van der Waals surface area contributed by atoms with Crippen molar-refractivity contribution in [1.29, 1.82) is 0 Å². The highest BCUT2D eigenvalue weighted by Gasteiger charge is 2.45. The van der Waals surface area contributed by atoms with Crippen LogP contribution in [0.25, 0.3) is 0 Å². The number of aldehydes is 1. The molecule has 2 aliphatic heterocycles. The summed E-state index contributed by atoms with van der Waals surface area (Å²) in [5.41, 5.74) is 5.59. The average molecular weight is 658 g/mol. The fraction of sp³-hybridized carbons (Fsp3) is 0.455. The molecular weight excluding hydrogens is 617 g/mol. The van der Waals surface area contributed by atoms with E-state index in [1.807, 2.05) is 48.6 Å². The van der Waals surface area contributed by atoms with Crippen molar-refractivity contribution < 1.29 is 40.0 Å². The van der Waals surface area contributed by atoms with Crippen LogP contribution < -0.4 is 9.64 Å². The maximum Gasteiger partial charge on any atom is 0.210 e. The third-order valence-corrected chi connectivity index (χ3v) is 10.3. The predicted molar refractivity (Wildman–Crippen MR) is 173 cm³/mol. The summed E-state index contributed by atoms with van der Waals surface area (Å²) in [6, 6.07) is 11.4. The van der Waals surface area contributed by atoms with Crippen molar-refractivity contribution in [3.05, 3.63) is 77.0 Å². The summed E-state index contributed by atoms with van der Waals surface area (Å²) in [6.45, 7) is 9.41. The van der Waals surface area contributed by atoms with Crippen molar-refractivity contribution in [2.75, 3.05) is 36.6 Å². The van der Waals surface area contributed by atoms with Crippen LogP contribution in [0.2, 0.25) is 0 Å². The highest BCUT2D eigenvalue weighted by molar-refractivity contribution is 7.85. The van der Waals surface area contributed by atoms with Crippen molar-refractivity contribution in [2.45, 2.75) is 64.2 Å². The summed E-state index contributed by atoms with van der Waals surface area (Å²) >= 11 is 0. The maximum absolute atomic E-state index is 11.6. The minimum atomic E-state index is -4.30. The maximum atomic E-state index is 11.6. The number of carbonyl (C=O) groups is 1. The minimum Gasteiger partial charge on any atom is -0.748 e. The number of hydrogen-bond donors (Lipinski definition) is 0. The molecule has 45 heavy (non-hydrogen) atoms. The van der Waals surface area contributed by atoms with Crippen LogP contribution in [0.3, 0.4) is 0 Å². The van der Waals surface area contributed by atoms with Gasteiger partial charge in [-0.1, -0.05) is 19.9 Å². The number of ether oxygens (including phenoxy) is 1. The van der Waals surface area contributed by atoms with Crippen LogP contribution in [0.1, 0.15) is 74.9 Å². The van der Waals surface area contributed by atoms with Gasteiger partial charge < -0.3 is 18.7 Å². The molecule has 0 saturated heterocycles. The lowest BCUT2D eigenvalue weighted by molar-refractivity contribution is -0.438. The van der Waals surface area contributed by atoms with E-state index in [1.54, 1.807) is 13.2 Å². The van der Waals surface area contributed by atoms with E-state index < -0.39 is 42.6 Å². The van der Waals surface area contributed by atoms with Gasteiger partial charge in [0.15, 0.2) is 5.71 Å². The Balaban J connectivity index is 1.72. The van der Waals surface area contributed by atoms with E-state index in [1.165, 1.54) is 0 Å². The Morgan fingerprint density at radius 2 is 1.53 bits per heavy atom. The molecular formula is C33H41N2O8S2-. The summed E-state index contributed by atoms with van der Waals surface area (Å²) in [7, 11) is -6.98. The molecule has 0 N–H and O–H groups in total. The van der Waals surface area contributed by atoms with Gasteiger partial charge in [0.25, 0.3) is 0 Å². The van der Waals surface area contributed by atoms with E-state index >= 15 is 0 Å². The number of fused-ring (bicyclic) bond motifs is 2. The van der Waals surface area contributed by atoms with Crippen LogP contribution in [0.4, 0.5) is 11.4 Å². The second kappa shape index (κ2) is 13.2. The molecule has 0 unspecified atom stereocenters. The van der Waals surface area contributed by atoms with Gasteiger partial charge in [-0.2, -0.15) is 4.58 Å². The fourth-order valence-electron chi connectivity index (χ4n) is 6.36. The Labute approximate surface area is 266 Å². The third-order valence-electron chi connectivity index (χ3n) is 8.71. The Bertz CT molecular complexity index is 1770. The molecule has 0 aliphatic carbocycles. The van der Waals surface area contributed by atoms with Gasteiger partial charge in [0.1, 0.15) is 18.6 Å². The number of carbonyl (C=O) groups excluding carboxylic acids is 1. The molecule has 0 fully saturated rings. The third kappa shape index (κ3) is 7.74. The number of methoxy groups -OCH3 is 1.